The molecule has 630 valence electrons. The molecular weight excluding hydrogens is 1380 g/mol. The fourth-order valence-electron chi connectivity index (χ4n) is 13.6. The molecule has 17 nitrogen and oxygen atoms in total. The Morgan fingerprint density at radius 3 is 0.717 bits per heavy atom. The number of ether oxygens (including phenoxy) is 4. The van der Waals surface area contributed by atoms with E-state index in [9.17, 15) is 43.2 Å². The van der Waals surface area contributed by atoms with E-state index in [1.807, 2.05) is 0 Å². The molecule has 0 rings (SSSR count). The Morgan fingerprint density at radius 2 is 0.481 bits per heavy atom. The SMILES string of the molecule is CCCCCCCCCCCCCCCCCCCCCCCC(=O)OC[C@H](COP(=O)(O)OC[C@@H](O)COP(=O)(O)OC[C@@H](COC(=O)CCCCCCCCC(C)CC)OC(=O)CCCCCCCCCCCCCC(C)C)OC(=O)CCCCCCCCCCCCCCCCCCCCCCC. The van der Waals surface area contributed by atoms with Gasteiger partial charge in [-0.25, -0.2) is 9.13 Å². The van der Waals surface area contributed by atoms with Crippen molar-refractivity contribution >= 4 is 39.5 Å². The van der Waals surface area contributed by atoms with E-state index in [0.29, 0.717) is 25.7 Å². The zero-order chi connectivity index (χ0) is 77.8. The summed E-state index contributed by atoms with van der Waals surface area (Å²) in [6.07, 6.45) is 71.1. The van der Waals surface area contributed by atoms with E-state index >= 15 is 0 Å². The molecule has 0 saturated heterocycles. The summed E-state index contributed by atoms with van der Waals surface area (Å²) in [6.45, 7) is 9.63. The van der Waals surface area contributed by atoms with Crippen LogP contribution in [0.5, 0.6) is 0 Å². The van der Waals surface area contributed by atoms with Crippen LogP contribution in [0.3, 0.4) is 0 Å². The molecule has 0 radical (unpaired) electrons. The number of aliphatic hydroxyl groups is 1. The molecule has 0 saturated carbocycles. The Morgan fingerprint density at radius 1 is 0.274 bits per heavy atom. The molecule has 0 bridgehead atoms. The molecule has 0 heterocycles. The van der Waals surface area contributed by atoms with E-state index in [0.717, 1.165) is 108 Å². The summed E-state index contributed by atoms with van der Waals surface area (Å²) in [5.74, 6) is -0.609. The van der Waals surface area contributed by atoms with Crippen LogP contribution in [0.25, 0.3) is 0 Å². The molecule has 0 spiro atoms. The van der Waals surface area contributed by atoms with Crippen LogP contribution in [0, 0.1) is 11.8 Å². The molecule has 0 aliphatic rings. The molecule has 106 heavy (non-hydrogen) atoms. The summed E-state index contributed by atoms with van der Waals surface area (Å²) in [5, 5.41) is 10.7. The van der Waals surface area contributed by atoms with Crippen molar-refractivity contribution in [1.82, 2.24) is 0 Å². The first-order valence-corrected chi connectivity index (χ1v) is 48.0. The van der Waals surface area contributed by atoms with Gasteiger partial charge >= 0.3 is 39.5 Å². The fraction of sp³-hybridized carbons (Fsp3) is 0.954. The number of esters is 4. The van der Waals surface area contributed by atoms with Crippen LogP contribution >= 0.6 is 15.6 Å². The smallest absolute Gasteiger partial charge is 0.462 e. The van der Waals surface area contributed by atoms with Crippen molar-refractivity contribution in [2.45, 2.75) is 484 Å². The van der Waals surface area contributed by atoms with Gasteiger partial charge in [-0.3, -0.25) is 37.3 Å². The molecule has 0 aromatic rings. The van der Waals surface area contributed by atoms with Crippen molar-refractivity contribution in [3.8, 4) is 0 Å². The van der Waals surface area contributed by atoms with Gasteiger partial charge in [0, 0.05) is 25.7 Å². The van der Waals surface area contributed by atoms with Crippen LogP contribution in [0.2, 0.25) is 0 Å². The van der Waals surface area contributed by atoms with Gasteiger partial charge in [0.2, 0.25) is 0 Å². The molecule has 0 aromatic carbocycles. The lowest BCUT2D eigenvalue weighted by atomic mass is 10.00. The highest BCUT2D eigenvalue weighted by molar-refractivity contribution is 7.47. The van der Waals surface area contributed by atoms with E-state index in [4.69, 9.17) is 37.0 Å². The highest BCUT2D eigenvalue weighted by Crippen LogP contribution is 2.45. The highest BCUT2D eigenvalue weighted by atomic mass is 31.2. The molecule has 6 atom stereocenters. The third kappa shape index (κ3) is 78.7. The van der Waals surface area contributed by atoms with Crippen molar-refractivity contribution in [2.75, 3.05) is 39.6 Å². The van der Waals surface area contributed by atoms with Gasteiger partial charge in [0.05, 0.1) is 26.4 Å². The molecule has 0 fully saturated rings. The Kier molecular flexibility index (Phi) is 76.9. The minimum Gasteiger partial charge on any atom is -0.462 e. The first-order chi connectivity index (χ1) is 51.4. The van der Waals surface area contributed by atoms with Crippen LogP contribution in [0.15, 0.2) is 0 Å². The fourth-order valence-corrected chi connectivity index (χ4v) is 15.1. The first kappa shape index (κ1) is 104. The topological polar surface area (TPSA) is 237 Å². The van der Waals surface area contributed by atoms with E-state index in [1.165, 1.54) is 276 Å². The molecule has 0 aliphatic carbocycles. The number of aliphatic hydroxyl groups excluding tert-OH is 1. The number of phosphoric acid groups is 2. The van der Waals surface area contributed by atoms with Gasteiger partial charge < -0.3 is 33.8 Å². The summed E-state index contributed by atoms with van der Waals surface area (Å²) in [6, 6.07) is 0. The second-order valence-electron chi connectivity index (χ2n) is 32.0. The monoisotopic (exact) mass is 1550 g/mol. The normalized spacial score (nSPS) is 14.1. The van der Waals surface area contributed by atoms with Gasteiger partial charge in [0.25, 0.3) is 0 Å². The molecule has 0 aliphatic heterocycles. The van der Waals surface area contributed by atoms with E-state index in [2.05, 4.69) is 41.5 Å². The average molecular weight is 1550 g/mol. The largest absolute Gasteiger partial charge is 0.472 e. The number of hydrogen-bond acceptors (Lipinski definition) is 15. The standard InChI is InChI=1S/C87H170O17P2/c1-7-10-12-14-16-18-20-22-24-26-28-30-32-34-36-38-42-46-50-57-63-69-84(89)97-75-82(103-86(91)71-65-59-51-47-43-39-37-35-33-31-29-27-25-23-21-19-17-15-13-11-8-2)77-101-105(93,94)99-73-81(88)74-100-106(95,96)102-78-83(76-98-85(90)70-64-58-54-53-56-62-68-80(6)9-3)104-87(92)72-66-60-52-48-44-40-41-45-49-55-61-67-79(4)5/h79-83,88H,7-78H2,1-6H3,(H,93,94)(H,95,96)/t80?,81-,82-,83-/m1/s1. The summed E-state index contributed by atoms with van der Waals surface area (Å²) >= 11 is 0. The number of carbonyl (C=O) groups excluding carboxylic acids is 4. The molecule has 19 heteroatoms. The van der Waals surface area contributed by atoms with E-state index < -0.39 is 97.5 Å². The van der Waals surface area contributed by atoms with Crippen molar-refractivity contribution < 1.29 is 80.2 Å². The van der Waals surface area contributed by atoms with Crippen LogP contribution in [-0.2, 0) is 65.4 Å². The van der Waals surface area contributed by atoms with Gasteiger partial charge in [-0.05, 0) is 37.5 Å². The predicted octanol–water partition coefficient (Wildman–Crippen LogP) is 26.6. The average Bonchev–Trinajstić information content (AvgIpc) is 0.923. The van der Waals surface area contributed by atoms with E-state index in [-0.39, 0.29) is 25.7 Å². The third-order valence-corrected chi connectivity index (χ3v) is 22.7. The molecule has 3 unspecified atom stereocenters. The summed E-state index contributed by atoms with van der Waals surface area (Å²) < 4.78 is 68.9. The zero-order valence-electron chi connectivity index (χ0n) is 69.7. The van der Waals surface area contributed by atoms with Gasteiger partial charge in [0.1, 0.15) is 19.3 Å². The van der Waals surface area contributed by atoms with Gasteiger partial charge in [-0.2, -0.15) is 0 Å². The van der Waals surface area contributed by atoms with Gasteiger partial charge in [-0.15, -0.1) is 0 Å². The van der Waals surface area contributed by atoms with E-state index in [1.54, 1.807) is 0 Å². The van der Waals surface area contributed by atoms with Gasteiger partial charge in [-0.1, -0.05) is 414 Å². The molecule has 0 amide bonds. The number of unbranched alkanes of at least 4 members (excludes halogenated alkanes) is 55. The van der Waals surface area contributed by atoms with Crippen LogP contribution in [0.1, 0.15) is 465 Å². The predicted molar refractivity (Wildman–Crippen MR) is 437 cm³/mol. The Labute approximate surface area is 651 Å². The van der Waals surface area contributed by atoms with Crippen LogP contribution in [-0.4, -0.2) is 96.7 Å². The maximum atomic E-state index is 13.2. The lowest BCUT2D eigenvalue weighted by molar-refractivity contribution is -0.161. The van der Waals surface area contributed by atoms with Crippen molar-refractivity contribution in [3.63, 3.8) is 0 Å². The lowest BCUT2D eigenvalue weighted by Crippen LogP contribution is -2.30. The van der Waals surface area contributed by atoms with Crippen molar-refractivity contribution in [3.05, 3.63) is 0 Å². The summed E-state index contributed by atoms with van der Waals surface area (Å²) in [4.78, 5) is 73.2. The second kappa shape index (κ2) is 78.3. The van der Waals surface area contributed by atoms with Gasteiger partial charge in [0.15, 0.2) is 12.2 Å². The minimum atomic E-state index is -4.97. The molecule has 3 N–H and O–H groups in total. The molecular formula is C87H170O17P2. The number of hydrogen-bond donors (Lipinski definition) is 3. The summed E-state index contributed by atoms with van der Waals surface area (Å²) in [7, 11) is -9.93. The Bertz CT molecular complexity index is 2030. The third-order valence-electron chi connectivity index (χ3n) is 20.8. The quantitative estimate of drug-likeness (QED) is 0.0222. The highest BCUT2D eigenvalue weighted by Gasteiger charge is 2.30. The van der Waals surface area contributed by atoms with Crippen LogP contribution in [0.4, 0.5) is 0 Å². The summed E-state index contributed by atoms with van der Waals surface area (Å²) in [5.41, 5.74) is 0. The Hall–Kier alpha value is -1.94. The zero-order valence-corrected chi connectivity index (χ0v) is 71.5. The maximum absolute atomic E-state index is 13.2. The number of rotatable bonds is 86. The molecule has 0 aromatic heterocycles. The Balaban J connectivity index is 5.21. The maximum Gasteiger partial charge on any atom is 0.472 e. The number of carbonyl (C=O) groups is 4. The van der Waals surface area contributed by atoms with Crippen LogP contribution < -0.4 is 0 Å². The van der Waals surface area contributed by atoms with Crippen molar-refractivity contribution in [1.29, 1.82) is 0 Å². The minimum absolute atomic E-state index is 0.106. The number of phosphoric ester groups is 2. The first-order valence-electron chi connectivity index (χ1n) is 45.0. The second-order valence-corrected chi connectivity index (χ2v) is 34.9. The lowest BCUT2D eigenvalue weighted by Gasteiger charge is -2.21. The van der Waals surface area contributed by atoms with Crippen molar-refractivity contribution in [2.24, 2.45) is 11.8 Å².